The summed E-state index contributed by atoms with van der Waals surface area (Å²) in [6.07, 6.45) is 1.66. The Labute approximate surface area is 223 Å². The average molecular weight is 523 g/mol. The number of fused-ring (bicyclic) bond motifs is 2. The van der Waals surface area contributed by atoms with Gasteiger partial charge in [0, 0.05) is 60.3 Å². The number of pyridine rings is 1. The third kappa shape index (κ3) is 4.59. The van der Waals surface area contributed by atoms with Crippen molar-refractivity contribution in [2.75, 3.05) is 26.3 Å². The van der Waals surface area contributed by atoms with Crippen LogP contribution in [0.25, 0.3) is 33.2 Å². The van der Waals surface area contributed by atoms with E-state index < -0.39 is 17.1 Å². The van der Waals surface area contributed by atoms with Gasteiger partial charge in [-0.3, -0.25) is 14.6 Å². The van der Waals surface area contributed by atoms with E-state index in [2.05, 4.69) is 4.98 Å². The maximum absolute atomic E-state index is 13.6. The highest BCUT2D eigenvalue weighted by atomic mass is 16.5. The van der Waals surface area contributed by atoms with Gasteiger partial charge in [-0.1, -0.05) is 48.5 Å². The van der Waals surface area contributed by atoms with Crippen LogP contribution < -0.4 is 5.43 Å². The number of nitrogens with zero attached hydrogens (tertiary/aromatic N) is 2. The van der Waals surface area contributed by atoms with E-state index in [0.717, 1.165) is 22.5 Å². The Bertz CT molecular complexity index is 1740. The Morgan fingerprint density at radius 3 is 2.49 bits per heavy atom. The Hall–Kier alpha value is -4.69. The second-order valence-electron chi connectivity index (χ2n) is 9.54. The van der Waals surface area contributed by atoms with Gasteiger partial charge in [0.1, 0.15) is 28.2 Å². The van der Waals surface area contributed by atoms with Gasteiger partial charge in [0.25, 0.3) is 0 Å². The second kappa shape index (κ2) is 10.2. The number of benzene rings is 3. The number of para-hydroxylation sites is 1. The van der Waals surface area contributed by atoms with E-state index in [4.69, 9.17) is 9.15 Å². The van der Waals surface area contributed by atoms with Crippen LogP contribution in [0.2, 0.25) is 0 Å². The van der Waals surface area contributed by atoms with Crippen molar-refractivity contribution in [2.45, 2.75) is 12.3 Å². The van der Waals surface area contributed by atoms with Crippen LogP contribution in [0.15, 0.2) is 88.2 Å². The predicted molar refractivity (Wildman–Crippen MR) is 147 cm³/mol. The lowest BCUT2D eigenvalue weighted by molar-refractivity contribution is -0.135. The molecule has 39 heavy (non-hydrogen) atoms. The van der Waals surface area contributed by atoms with Gasteiger partial charge < -0.3 is 24.3 Å². The fourth-order valence-electron chi connectivity index (χ4n) is 5.31. The van der Waals surface area contributed by atoms with Gasteiger partial charge in [0.15, 0.2) is 5.43 Å². The van der Waals surface area contributed by atoms with Crippen molar-refractivity contribution in [3.63, 3.8) is 0 Å². The van der Waals surface area contributed by atoms with E-state index in [-0.39, 0.29) is 40.4 Å². The van der Waals surface area contributed by atoms with Crippen molar-refractivity contribution >= 4 is 27.8 Å². The predicted octanol–water partition coefficient (Wildman–Crippen LogP) is 4.80. The summed E-state index contributed by atoms with van der Waals surface area (Å²) in [5.41, 5.74) is 1.99. The molecule has 0 bridgehead atoms. The van der Waals surface area contributed by atoms with Gasteiger partial charge in [-0.2, -0.15) is 0 Å². The summed E-state index contributed by atoms with van der Waals surface area (Å²) in [6.45, 7) is 1.85. The monoisotopic (exact) mass is 522 g/mol. The van der Waals surface area contributed by atoms with Crippen LogP contribution in [0.3, 0.4) is 0 Å². The fraction of sp³-hybridized carbons (Fsp3) is 0.194. The lowest BCUT2D eigenvalue weighted by Gasteiger charge is -2.29. The van der Waals surface area contributed by atoms with Gasteiger partial charge >= 0.3 is 0 Å². The van der Waals surface area contributed by atoms with E-state index >= 15 is 0 Å². The zero-order valence-electron chi connectivity index (χ0n) is 21.0. The molecule has 0 aliphatic carbocycles. The number of aromatic hydroxyl groups is 2. The molecule has 5 aromatic rings. The minimum Gasteiger partial charge on any atom is -0.507 e. The number of carbonyl (C=O) groups excluding carboxylic acids is 1. The molecule has 0 spiro atoms. The first-order chi connectivity index (χ1) is 19.0. The first-order valence-corrected chi connectivity index (χ1v) is 12.8. The largest absolute Gasteiger partial charge is 0.507 e. The lowest BCUT2D eigenvalue weighted by Crippen LogP contribution is -2.41. The van der Waals surface area contributed by atoms with Crippen molar-refractivity contribution in [1.29, 1.82) is 0 Å². The first-order valence-electron chi connectivity index (χ1n) is 12.8. The molecule has 0 saturated carbocycles. The molecule has 196 valence electrons. The van der Waals surface area contributed by atoms with Crippen molar-refractivity contribution in [3.8, 4) is 22.8 Å². The van der Waals surface area contributed by atoms with Gasteiger partial charge in [-0.25, -0.2) is 0 Å². The van der Waals surface area contributed by atoms with Crippen LogP contribution in [0.5, 0.6) is 11.5 Å². The number of phenolic OH excluding ortho intramolecular Hbond substituents is 2. The van der Waals surface area contributed by atoms with Gasteiger partial charge in [-0.15, -0.1) is 0 Å². The van der Waals surface area contributed by atoms with Crippen molar-refractivity contribution < 1.29 is 24.2 Å². The van der Waals surface area contributed by atoms with Crippen LogP contribution in [0, 0.1) is 0 Å². The van der Waals surface area contributed by atoms with Crippen molar-refractivity contribution in [1.82, 2.24) is 9.88 Å². The summed E-state index contributed by atoms with van der Waals surface area (Å²) >= 11 is 0. The van der Waals surface area contributed by atoms with Crippen LogP contribution in [-0.2, 0) is 9.53 Å². The third-order valence-corrected chi connectivity index (χ3v) is 7.21. The number of morpholine rings is 1. The maximum atomic E-state index is 13.6. The van der Waals surface area contributed by atoms with Gasteiger partial charge in [-0.05, 0) is 17.7 Å². The molecule has 2 N–H and O–H groups in total. The zero-order valence-corrected chi connectivity index (χ0v) is 21.0. The molecule has 3 heterocycles. The zero-order chi connectivity index (χ0) is 26.9. The standard InChI is InChI=1S/C31H26N2O6/c34-24-17-25(35)30-26(36)18-27(19-6-2-1-3-7-19)39-31(30)29(24)22(16-28(37)33-12-14-38-15-13-33)20-10-11-32-23-9-5-4-8-21(20)23/h1-11,17-18,22,34-35H,12-16H2/t22-/m0/s1. The number of amides is 1. The summed E-state index contributed by atoms with van der Waals surface area (Å²) in [5, 5.41) is 22.8. The molecule has 2 aromatic heterocycles. The smallest absolute Gasteiger partial charge is 0.223 e. The maximum Gasteiger partial charge on any atom is 0.223 e. The van der Waals surface area contributed by atoms with Gasteiger partial charge in [0.2, 0.25) is 5.91 Å². The van der Waals surface area contributed by atoms with Crippen LogP contribution >= 0.6 is 0 Å². The Morgan fingerprint density at radius 1 is 0.949 bits per heavy atom. The lowest BCUT2D eigenvalue weighted by atomic mass is 9.84. The molecule has 3 aromatic carbocycles. The number of carbonyl (C=O) groups is 1. The van der Waals surface area contributed by atoms with E-state index in [9.17, 15) is 19.8 Å². The van der Waals surface area contributed by atoms with E-state index in [1.54, 1.807) is 11.1 Å². The minimum atomic E-state index is -0.703. The molecule has 1 amide bonds. The number of hydrogen-bond donors (Lipinski definition) is 2. The number of phenols is 2. The quantitative estimate of drug-likeness (QED) is 0.341. The summed E-state index contributed by atoms with van der Waals surface area (Å²) in [6, 6.07) is 21.0. The number of aromatic nitrogens is 1. The van der Waals surface area contributed by atoms with Crippen molar-refractivity contribution in [2.24, 2.45) is 0 Å². The third-order valence-electron chi connectivity index (χ3n) is 7.21. The highest BCUT2D eigenvalue weighted by Crippen LogP contribution is 2.44. The molecule has 1 saturated heterocycles. The van der Waals surface area contributed by atoms with Crippen LogP contribution in [0.1, 0.15) is 23.5 Å². The topological polar surface area (TPSA) is 113 Å². The van der Waals surface area contributed by atoms with E-state index in [1.807, 2.05) is 60.7 Å². The SMILES string of the molecule is O=C(C[C@@H](c1ccnc2ccccc12)c1c(O)cc(O)c2c(=O)cc(-c3ccccc3)oc12)N1CCOCC1. The Kier molecular flexibility index (Phi) is 6.46. The number of ether oxygens (including phenoxy) is 1. The van der Waals surface area contributed by atoms with Crippen LogP contribution in [0.4, 0.5) is 0 Å². The number of hydrogen-bond acceptors (Lipinski definition) is 7. The first kappa shape index (κ1) is 24.6. The molecule has 1 aliphatic heterocycles. The molecule has 1 fully saturated rings. The van der Waals surface area contributed by atoms with E-state index in [1.165, 1.54) is 6.07 Å². The molecular formula is C31H26N2O6. The molecule has 1 aliphatic rings. The fourth-order valence-corrected chi connectivity index (χ4v) is 5.31. The van der Waals surface area contributed by atoms with E-state index in [0.29, 0.717) is 31.9 Å². The highest BCUT2D eigenvalue weighted by molar-refractivity contribution is 5.92. The molecule has 8 nitrogen and oxygen atoms in total. The Balaban J connectivity index is 1.61. The summed E-state index contributed by atoms with van der Waals surface area (Å²) in [4.78, 5) is 33.1. The minimum absolute atomic E-state index is 0.000712. The number of rotatable bonds is 5. The normalized spacial score (nSPS) is 14.5. The molecule has 6 rings (SSSR count). The average Bonchev–Trinajstić information content (AvgIpc) is 2.96. The molecule has 0 radical (unpaired) electrons. The Morgan fingerprint density at radius 2 is 1.69 bits per heavy atom. The van der Waals surface area contributed by atoms with Crippen LogP contribution in [-0.4, -0.2) is 52.3 Å². The summed E-state index contributed by atoms with van der Waals surface area (Å²) in [5.74, 6) is -1.19. The molecular weight excluding hydrogens is 496 g/mol. The molecule has 1 atom stereocenters. The summed E-state index contributed by atoms with van der Waals surface area (Å²) < 4.78 is 11.7. The second-order valence-corrected chi connectivity index (χ2v) is 9.54. The van der Waals surface area contributed by atoms with Gasteiger partial charge in [0.05, 0.1) is 18.7 Å². The highest BCUT2D eigenvalue weighted by Gasteiger charge is 2.31. The van der Waals surface area contributed by atoms with Crippen molar-refractivity contribution in [3.05, 3.63) is 100 Å². The summed E-state index contributed by atoms with van der Waals surface area (Å²) in [7, 11) is 0. The molecule has 0 unspecified atom stereocenters. The molecule has 8 heteroatoms.